The van der Waals surface area contributed by atoms with Crippen LogP contribution in [0.2, 0.25) is 0 Å². The van der Waals surface area contributed by atoms with E-state index in [1.807, 2.05) is 0 Å². The van der Waals surface area contributed by atoms with E-state index in [2.05, 4.69) is 4.99 Å². The summed E-state index contributed by atoms with van der Waals surface area (Å²) >= 11 is 0. The lowest BCUT2D eigenvalue weighted by molar-refractivity contribution is -0.277. The van der Waals surface area contributed by atoms with Crippen molar-refractivity contribution in [3.63, 3.8) is 0 Å². The molecule has 1 saturated heterocycles. The number of guanidine groups is 1. The van der Waals surface area contributed by atoms with Crippen LogP contribution < -0.4 is 16.2 Å². The first-order chi connectivity index (χ1) is 18.1. The summed E-state index contributed by atoms with van der Waals surface area (Å²) in [7, 11) is 0. The largest absolute Gasteiger partial charge is 0.504 e. The zero-order chi connectivity index (χ0) is 27.7. The SMILES string of the molecule is NC(N)=NCc1c(CCCO)c2c(c(O)c1O[C@H]1O[C@@H](CO)[C@H](O)[C@@H](O)[C@@H]1O)C(=O)c1ccccc1C2=O. The van der Waals surface area contributed by atoms with Crippen molar-refractivity contribution in [2.45, 2.75) is 50.1 Å². The van der Waals surface area contributed by atoms with E-state index >= 15 is 0 Å². The van der Waals surface area contributed by atoms with E-state index in [4.69, 9.17) is 20.9 Å². The molecule has 0 unspecified atom stereocenters. The first-order valence-corrected chi connectivity index (χ1v) is 11.8. The van der Waals surface area contributed by atoms with E-state index in [0.717, 1.165) is 0 Å². The molecule has 1 aliphatic heterocycles. The highest BCUT2D eigenvalue weighted by Crippen LogP contribution is 2.45. The van der Waals surface area contributed by atoms with Crippen LogP contribution in [0.25, 0.3) is 0 Å². The van der Waals surface area contributed by atoms with Gasteiger partial charge >= 0.3 is 0 Å². The van der Waals surface area contributed by atoms with Crippen LogP contribution in [0.15, 0.2) is 29.3 Å². The van der Waals surface area contributed by atoms with Crippen molar-refractivity contribution in [1.29, 1.82) is 0 Å². The van der Waals surface area contributed by atoms with E-state index in [0.29, 0.717) is 0 Å². The molecule has 4 rings (SSSR count). The topological polar surface area (TPSA) is 238 Å². The Hall–Kier alpha value is -3.59. The molecule has 0 spiro atoms. The van der Waals surface area contributed by atoms with Crippen molar-refractivity contribution in [2.75, 3.05) is 13.2 Å². The predicted molar refractivity (Wildman–Crippen MR) is 131 cm³/mol. The summed E-state index contributed by atoms with van der Waals surface area (Å²) in [6.45, 7) is -1.33. The summed E-state index contributed by atoms with van der Waals surface area (Å²) in [5.74, 6) is -2.69. The Bertz CT molecular complexity index is 1270. The number of aliphatic hydroxyl groups is 5. The van der Waals surface area contributed by atoms with Gasteiger partial charge in [0.15, 0.2) is 29.0 Å². The second-order valence-corrected chi connectivity index (χ2v) is 8.97. The number of hydrogen-bond donors (Lipinski definition) is 8. The molecule has 10 N–H and O–H groups in total. The van der Waals surface area contributed by atoms with Gasteiger partial charge in [0.1, 0.15) is 24.4 Å². The van der Waals surface area contributed by atoms with Crippen LogP contribution in [0.4, 0.5) is 0 Å². The smallest absolute Gasteiger partial charge is 0.229 e. The molecule has 2 aromatic carbocycles. The molecule has 38 heavy (non-hydrogen) atoms. The van der Waals surface area contributed by atoms with E-state index in [-0.39, 0.29) is 65.3 Å². The zero-order valence-electron chi connectivity index (χ0n) is 20.1. The van der Waals surface area contributed by atoms with Crippen molar-refractivity contribution in [1.82, 2.24) is 0 Å². The molecule has 2 aliphatic rings. The first-order valence-electron chi connectivity index (χ1n) is 11.8. The minimum atomic E-state index is -1.84. The van der Waals surface area contributed by atoms with Gasteiger partial charge in [-0.15, -0.1) is 0 Å². The number of nitrogens with zero attached hydrogens (tertiary/aromatic N) is 1. The zero-order valence-corrected chi connectivity index (χ0v) is 20.1. The number of carbonyl (C=O) groups is 2. The highest BCUT2D eigenvalue weighted by Gasteiger charge is 2.46. The van der Waals surface area contributed by atoms with Gasteiger partial charge in [0.2, 0.25) is 6.29 Å². The van der Waals surface area contributed by atoms with Crippen molar-refractivity contribution < 1.29 is 49.7 Å². The van der Waals surface area contributed by atoms with Gasteiger partial charge in [-0.3, -0.25) is 9.59 Å². The Morgan fingerprint density at radius 3 is 2.16 bits per heavy atom. The fourth-order valence-corrected chi connectivity index (χ4v) is 4.71. The molecule has 1 heterocycles. The number of aliphatic imine (C=N–C) groups is 1. The Labute approximate surface area is 216 Å². The van der Waals surface area contributed by atoms with Gasteiger partial charge < -0.3 is 51.6 Å². The van der Waals surface area contributed by atoms with Gasteiger partial charge in [-0.25, -0.2) is 4.99 Å². The quantitative estimate of drug-likeness (QED) is 0.117. The molecule has 0 saturated carbocycles. The Morgan fingerprint density at radius 1 is 0.947 bits per heavy atom. The molecular weight excluding hydrogens is 502 g/mol. The van der Waals surface area contributed by atoms with Crippen LogP contribution in [-0.4, -0.2) is 92.1 Å². The predicted octanol–water partition coefficient (Wildman–Crippen LogP) is -1.96. The maximum absolute atomic E-state index is 13.6. The third-order valence-corrected chi connectivity index (χ3v) is 6.60. The summed E-state index contributed by atoms with van der Waals surface area (Å²) in [5, 5.41) is 61.2. The molecular formula is C25H29N3O10. The van der Waals surface area contributed by atoms with Crippen LogP contribution in [0.5, 0.6) is 11.5 Å². The number of phenolic OH excluding ortho intramolecular Hbond substituents is 1. The molecule has 2 aromatic rings. The van der Waals surface area contributed by atoms with Crippen LogP contribution in [0.1, 0.15) is 49.4 Å². The van der Waals surface area contributed by atoms with Crippen LogP contribution in [0, 0.1) is 0 Å². The molecule has 13 nitrogen and oxygen atoms in total. The molecule has 0 amide bonds. The number of rotatable bonds is 8. The summed E-state index contributed by atoms with van der Waals surface area (Å²) < 4.78 is 11.2. The molecule has 1 fully saturated rings. The van der Waals surface area contributed by atoms with Gasteiger partial charge in [0.25, 0.3) is 0 Å². The third-order valence-electron chi connectivity index (χ3n) is 6.60. The number of carbonyl (C=O) groups excluding carboxylic acids is 2. The maximum atomic E-state index is 13.6. The van der Waals surface area contributed by atoms with Crippen molar-refractivity contribution in [3.05, 3.63) is 57.6 Å². The van der Waals surface area contributed by atoms with E-state index in [9.17, 15) is 40.2 Å². The monoisotopic (exact) mass is 531 g/mol. The summed E-state index contributed by atoms with van der Waals surface area (Å²) in [6, 6.07) is 6.09. The van der Waals surface area contributed by atoms with Crippen LogP contribution in [0.3, 0.4) is 0 Å². The number of aromatic hydroxyl groups is 1. The van der Waals surface area contributed by atoms with Gasteiger partial charge in [-0.05, 0) is 18.4 Å². The number of benzene rings is 2. The Balaban J connectivity index is 1.95. The number of nitrogens with two attached hydrogens (primary N) is 2. The van der Waals surface area contributed by atoms with E-state index in [1.165, 1.54) is 12.1 Å². The maximum Gasteiger partial charge on any atom is 0.229 e. The number of ketones is 2. The Kier molecular flexibility index (Phi) is 7.97. The minimum absolute atomic E-state index is 0.0562. The first kappa shape index (κ1) is 27.4. The fourth-order valence-electron chi connectivity index (χ4n) is 4.71. The lowest BCUT2D eigenvalue weighted by Gasteiger charge is -2.40. The number of hydrogen-bond acceptors (Lipinski definition) is 11. The summed E-state index contributed by atoms with van der Waals surface area (Å²) in [5.41, 5.74) is 11.1. The van der Waals surface area contributed by atoms with Gasteiger partial charge in [0, 0.05) is 28.9 Å². The number of aliphatic hydroxyl groups excluding tert-OH is 5. The third kappa shape index (κ3) is 4.71. The number of phenols is 1. The molecule has 13 heteroatoms. The molecule has 5 atom stereocenters. The molecule has 0 radical (unpaired) electrons. The van der Waals surface area contributed by atoms with Crippen molar-refractivity contribution in [3.8, 4) is 11.5 Å². The number of fused-ring (bicyclic) bond motifs is 2. The summed E-state index contributed by atoms with van der Waals surface area (Å²) in [6.07, 6.45) is -8.10. The molecule has 0 bridgehead atoms. The molecule has 0 aromatic heterocycles. The number of ether oxygens (including phenoxy) is 2. The Morgan fingerprint density at radius 2 is 1.58 bits per heavy atom. The average molecular weight is 532 g/mol. The standard InChI is InChI=1S/C25H29N3O10/c26-25(27)28-8-13-10(6-3-7-29)15-16(18(32)12-5-2-1-4-11(12)17(15)31)20(34)23(13)38-24-22(36)21(35)19(33)14(9-30)37-24/h1-2,4-5,14,19,21-22,24,29-30,33-36H,3,6-9H2,(H4,26,27,28)/t14-,19-,21+,22-,24+/m0/s1. The van der Waals surface area contributed by atoms with Gasteiger partial charge in [0.05, 0.1) is 18.7 Å². The van der Waals surface area contributed by atoms with E-state index < -0.39 is 60.4 Å². The second kappa shape index (κ2) is 11.0. The van der Waals surface area contributed by atoms with Gasteiger partial charge in [-0.1, -0.05) is 24.3 Å². The molecule has 1 aliphatic carbocycles. The highest BCUT2D eigenvalue weighted by atomic mass is 16.7. The second-order valence-electron chi connectivity index (χ2n) is 8.97. The van der Waals surface area contributed by atoms with Gasteiger partial charge in [-0.2, -0.15) is 0 Å². The summed E-state index contributed by atoms with van der Waals surface area (Å²) in [4.78, 5) is 31.1. The lowest BCUT2D eigenvalue weighted by atomic mass is 9.78. The minimum Gasteiger partial charge on any atom is -0.504 e. The van der Waals surface area contributed by atoms with Crippen molar-refractivity contribution in [2.24, 2.45) is 16.5 Å². The highest BCUT2D eigenvalue weighted by molar-refractivity contribution is 6.30. The lowest BCUT2D eigenvalue weighted by Crippen LogP contribution is -2.60. The molecule has 204 valence electrons. The van der Waals surface area contributed by atoms with Crippen LogP contribution in [-0.2, 0) is 17.7 Å². The normalized spacial score (nSPS) is 24.5. The average Bonchev–Trinajstić information content (AvgIpc) is 2.90. The fraction of sp³-hybridized carbons (Fsp3) is 0.400. The van der Waals surface area contributed by atoms with Crippen molar-refractivity contribution >= 4 is 17.5 Å². The van der Waals surface area contributed by atoms with Crippen LogP contribution >= 0.6 is 0 Å². The van der Waals surface area contributed by atoms with E-state index in [1.54, 1.807) is 12.1 Å².